The molecule has 1 fully saturated rings. The van der Waals surface area contributed by atoms with E-state index in [1.165, 1.54) is 7.11 Å². The molecular weight excluding hydrogens is 432 g/mol. The van der Waals surface area contributed by atoms with Crippen LogP contribution >= 0.6 is 0 Å². The normalized spacial score (nSPS) is 22.6. The molecule has 6 nitrogen and oxygen atoms in total. The average Bonchev–Trinajstić information content (AvgIpc) is 2.89. The van der Waals surface area contributed by atoms with Crippen molar-refractivity contribution in [2.24, 2.45) is 0 Å². The lowest BCUT2D eigenvalue weighted by atomic mass is 10.00. The van der Waals surface area contributed by atoms with Gasteiger partial charge in [-0.1, -0.05) is 91.0 Å². The quantitative estimate of drug-likeness (QED) is 0.423. The van der Waals surface area contributed by atoms with Gasteiger partial charge in [-0.05, 0) is 16.7 Å². The summed E-state index contributed by atoms with van der Waals surface area (Å²) in [5, 5.41) is 0. The molecule has 1 heterocycles. The van der Waals surface area contributed by atoms with Crippen LogP contribution in [-0.4, -0.2) is 44.1 Å². The van der Waals surface area contributed by atoms with Crippen LogP contribution in [0, 0.1) is 0 Å². The van der Waals surface area contributed by atoms with E-state index in [9.17, 15) is 4.79 Å². The minimum atomic E-state index is -0.854. The van der Waals surface area contributed by atoms with Gasteiger partial charge < -0.3 is 23.7 Å². The Labute approximate surface area is 200 Å². The molecule has 178 valence electrons. The summed E-state index contributed by atoms with van der Waals surface area (Å²) in [6, 6.07) is 29.3. The molecule has 3 aromatic carbocycles. The SMILES string of the molecule is CO[C@H]1O[C@H](COCc2ccccc2)C(=O)[C@H](OCc2ccccc2)[C@H]1OCc1ccccc1. The van der Waals surface area contributed by atoms with E-state index in [4.69, 9.17) is 23.7 Å². The number of rotatable bonds is 11. The van der Waals surface area contributed by atoms with Crippen LogP contribution in [0.5, 0.6) is 0 Å². The second-order valence-electron chi connectivity index (χ2n) is 8.11. The van der Waals surface area contributed by atoms with Gasteiger partial charge in [0.05, 0.1) is 26.4 Å². The van der Waals surface area contributed by atoms with E-state index in [1.807, 2.05) is 91.0 Å². The van der Waals surface area contributed by atoms with Crippen LogP contribution in [0.15, 0.2) is 91.0 Å². The summed E-state index contributed by atoms with van der Waals surface area (Å²) in [5.41, 5.74) is 2.98. The first-order valence-electron chi connectivity index (χ1n) is 11.4. The van der Waals surface area contributed by atoms with Gasteiger partial charge in [0, 0.05) is 7.11 Å². The van der Waals surface area contributed by atoms with Gasteiger partial charge in [-0.2, -0.15) is 0 Å². The average molecular weight is 463 g/mol. The molecule has 1 aliphatic rings. The van der Waals surface area contributed by atoms with E-state index in [2.05, 4.69) is 0 Å². The molecule has 6 heteroatoms. The summed E-state index contributed by atoms with van der Waals surface area (Å²) in [4.78, 5) is 13.4. The molecule has 0 N–H and O–H groups in total. The highest BCUT2D eigenvalue weighted by Crippen LogP contribution is 2.26. The van der Waals surface area contributed by atoms with Gasteiger partial charge >= 0.3 is 0 Å². The van der Waals surface area contributed by atoms with E-state index in [0.717, 1.165) is 16.7 Å². The highest BCUT2D eigenvalue weighted by Gasteiger charge is 2.47. The predicted octanol–water partition coefficient (Wildman–Crippen LogP) is 4.31. The molecule has 0 radical (unpaired) electrons. The molecule has 4 rings (SSSR count). The Morgan fingerprint density at radius 2 is 1.21 bits per heavy atom. The standard InChI is InChI=1S/C28H30O6/c1-30-28-27(33-19-23-15-9-4-10-16-23)26(32-18-22-13-7-3-8-14-22)25(29)24(34-28)20-31-17-21-11-5-2-6-12-21/h2-16,24,26-28H,17-20H2,1H3/t24-,26+,27-,28+/m1/s1. The first-order valence-corrected chi connectivity index (χ1v) is 11.4. The third-order valence-electron chi connectivity index (χ3n) is 5.63. The van der Waals surface area contributed by atoms with Gasteiger partial charge in [0.25, 0.3) is 0 Å². The van der Waals surface area contributed by atoms with Crippen molar-refractivity contribution in [3.05, 3.63) is 108 Å². The van der Waals surface area contributed by atoms with Gasteiger partial charge in [0.2, 0.25) is 0 Å². The van der Waals surface area contributed by atoms with Crippen LogP contribution in [0.4, 0.5) is 0 Å². The lowest BCUT2D eigenvalue weighted by Crippen LogP contribution is -2.58. The maximum Gasteiger partial charge on any atom is 0.195 e. The van der Waals surface area contributed by atoms with Gasteiger partial charge in [-0.15, -0.1) is 0 Å². The first-order chi connectivity index (χ1) is 16.7. The fraction of sp³-hybridized carbons (Fsp3) is 0.321. The van der Waals surface area contributed by atoms with Crippen molar-refractivity contribution >= 4 is 5.78 Å². The van der Waals surface area contributed by atoms with Crippen molar-refractivity contribution in [1.82, 2.24) is 0 Å². The monoisotopic (exact) mass is 462 g/mol. The number of ether oxygens (including phenoxy) is 5. The maximum absolute atomic E-state index is 13.4. The Morgan fingerprint density at radius 3 is 1.74 bits per heavy atom. The van der Waals surface area contributed by atoms with Gasteiger partial charge in [0.15, 0.2) is 18.2 Å². The molecule has 1 aliphatic heterocycles. The molecule has 0 bridgehead atoms. The Kier molecular flexibility index (Phi) is 8.96. The molecule has 0 aliphatic carbocycles. The third kappa shape index (κ3) is 6.59. The molecule has 1 saturated heterocycles. The Balaban J connectivity index is 1.45. The molecule has 0 unspecified atom stereocenters. The number of ketones is 1. The summed E-state index contributed by atoms with van der Waals surface area (Å²) in [6.45, 7) is 1.07. The number of Topliss-reactive ketones (excluding diaryl/α,β-unsaturated/α-hetero) is 1. The van der Waals surface area contributed by atoms with E-state index >= 15 is 0 Å². The van der Waals surface area contributed by atoms with Crippen molar-refractivity contribution in [3.63, 3.8) is 0 Å². The van der Waals surface area contributed by atoms with Crippen LogP contribution in [-0.2, 0) is 48.3 Å². The number of methoxy groups -OCH3 is 1. The Bertz CT molecular complexity index is 995. The highest BCUT2D eigenvalue weighted by atomic mass is 16.7. The minimum absolute atomic E-state index is 0.101. The zero-order valence-corrected chi connectivity index (χ0v) is 19.2. The second kappa shape index (κ2) is 12.6. The summed E-state index contributed by atoms with van der Waals surface area (Å²) < 4.78 is 29.6. The Hall–Kier alpha value is -2.87. The topological polar surface area (TPSA) is 63.2 Å². The van der Waals surface area contributed by atoms with E-state index in [1.54, 1.807) is 0 Å². The van der Waals surface area contributed by atoms with Crippen molar-refractivity contribution in [3.8, 4) is 0 Å². The second-order valence-corrected chi connectivity index (χ2v) is 8.11. The molecule has 0 saturated carbocycles. The molecule has 0 amide bonds. The van der Waals surface area contributed by atoms with Crippen molar-refractivity contribution in [2.45, 2.75) is 44.4 Å². The molecule has 0 aromatic heterocycles. The van der Waals surface area contributed by atoms with Crippen LogP contribution in [0.1, 0.15) is 16.7 Å². The zero-order valence-electron chi connectivity index (χ0n) is 19.2. The van der Waals surface area contributed by atoms with Crippen molar-refractivity contribution in [1.29, 1.82) is 0 Å². The number of hydrogen-bond donors (Lipinski definition) is 0. The Morgan fingerprint density at radius 1 is 0.706 bits per heavy atom. The largest absolute Gasteiger partial charge is 0.374 e. The first kappa shape index (κ1) is 24.3. The minimum Gasteiger partial charge on any atom is -0.374 e. The smallest absolute Gasteiger partial charge is 0.195 e. The number of carbonyl (C=O) groups excluding carboxylic acids is 1. The molecule has 3 aromatic rings. The van der Waals surface area contributed by atoms with Crippen LogP contribution in [0.25, 0.3) is 0 Å². The lowest BCUT2D eigenvalue weighted by molar-refractivity contribution is -0.269. The maximum atomic E-state index is 13.4. The van der Waals surface area contributed by atoms with Gasteiger partial charge in [-0.25, -0.2) is 0 Å². The number of benzene rings is 3. The number of carbonyl (C=O) groups is 1. The zero-order chi connectivity index (χ0) is 23.6. The third-order valence-corrected chi connectivity index (χ3v) is 5.63. The van der Waals surface area contributed by atoms with Crippen molar-refractivity contribution in [2.75, 3.05) is 13.7 Å². The lowest BCUT2D eigenvalue weighted by Gasteiger charge is -2.39. The van der Waals surface area contributed by atoms with Crippen molar-refractivity contribution < 1.29 is 28.5 Å². The molecule has 34 heavy (non-hydrogen) atoms. The summed E-state index contributed by atoms with van der Waals surface area (Å²) >= 11 is 0. The molecule has 4 atom stereocenters. The highest BCUT2D eigenvalue weighted by molar-refractivity contribution is 5.89. The van der Waals surface area contributed by atoms with E-state index < -0.39 is 24.6 Å². The van der Waals surface area contributed by atoms with Gasteiger partial charge in [0.1, 0.15) is 12.2 Å². The predicted molar refractivity (Wildman–Crippen MR) is 127 cm³/mol. The van der Waals surface area contributed by atoms with Gasteiger partial charge in [-0.3, -0.25) is 4.79 Å². The van der Waals surface area contributed by atoms with Crippen LogP contribution < -0.4 is 0 Å². The fourth-order valence-corrected chi connectivity index (χ4v) is 3.83. The van der Waals surface area contributed by atoms with Crippen LogP contribution in [0.2, 0.25) is 0 Å². The summed E-state index contributed by atoms with van der Waals surface area (Å²) in [6.07, 6.45) is -3.15. The summed E-state index contributed by atoms with van der Waals surface area (Å²) in [7, 11) is 1.54. The van der Waals surface area contributed by atoms with E-state index in [-0.39, 0.29) is 19.0 Å². The fourth-order valence-electron chi connectivity index (χ4n) is 3.83. The molecular formula is C28H30O6. The molecule has 0 spiro atoms. The van der Waals surface area contributed by atoms with E-state index in [0.29, 0.717) is 13.2 Å². The van der Waals surface area contributed by atoms with Crippen LogP contribution in [0.3, 0.4) is 0 Å². The summed E-state index contributed by atoms with van der Waals surface area (Å²) in [5.74, 6) is -0.213. The number of hydrogen-bond acceptors (Lipinski definition) is 6.